The minimum absolute atomic E-state index is 0.181. The van der Waals surface area contributed by atoms with Gasteiger partial charge in [-0.25, -0.2) is 4.98 Å². The zero-order chi connectivity index (χ0) is 11.3. The average molecular weight is 249 g/mol. The Bertz CT molecular complexity index is 293. The SMILES string of the molecule is CCC(c1nc(CCl)cs1)N(C)CCO. The van der Waals surface area contributed by atoms with Gasteiger partial charge in [-0.05, 0) is 13.5 Å². The van der Waals surface area contributed by atoms with Gasteiger partial charge in [0.2, 0.25) is 0 Å². The van der Waals surface area contributed by atoms with Gasteiger partial charge < -0.3 is 5.11 Å². The Morgan fingerprint density at radius 1 is 1.67 bits per heavy atom. The number of alkyl halides is 1. The normalized spacial score (nSPS) is 13.4. The van der Waals surface area contributed by atoms with Gasteiger partial charge in [0.25, 0.3) is 0 Å². The molecule has 1 N–H and O–H groups in total. The molecule has 0 saturated carbocycles. The third kappa shape index (κ3) is 3.41. The second-order valence-corrected chi connectivity index (χ2v) is 4.60. The van der Waals surface area contributed by atoms with E-state index in [0.717, 1.165) is 17.1 Å². The van der Waals surface area contributed by atoms with E-state index in [1.807, 2.05) is 12.4 Å². The van der Waals surface area contributed by atoms with Gasteiger partial charge in [-0.15, -0.1) is 22.9 Å². The molecule has 0 aliphatic carbocycles. The van der Waals surface area contributed by atoms with Crippen molar-refractivity contribution >= 4 is 22.9 Å². The molecule has 0 spiro atoms. The standard InChI is InChI=1S/C10H17ClN2OS/c1-3-9(13(2)4-5-14)10-12-8(6-11)7-15-10/h7,9,14H,3-6H2,1-2H3. The summed E-state index contributed by atoms with van der Waals surface area (Å²) in [6, 6.07) is 0.291. The van der Waals surface area contributed by atoms with Crippen LogP contribution in [0.3, 0.4) is 0 Å². The maximum absolute atomic E-state index is 8.90. The molecule has 5 heteroatoms. The maximum atomic E-state index is 8.90. The molecule has 15 heavy (non-hydrogen) atoms. The Morgan fingerprint density at radius 2 is 2.40 bits per heavy atom. The van der Waals surface area contributed by atoms with Crippen molar-refractivity contribution in [2.75, 3.05) is 20.2 Å². The number of thiazole rings is 1. The van der Waals surface area contributed by atoms with Crippen LogP contribution in [0.15, 0.2) is 5.38 Å². The van der Waals surface area contributed by atoms with E-state index in [-0.39, 0.29) is 6.61 Å². The molecular weight excluding hydrogens is 232 g/mol. The van der Waals surface area contributed by atoms with Gasteiger partial charge in [0.15, 0.2) is 0 Å². The first-order valence-corrected chi connectivity index (χ1v) is 6.45. The van der Waals surface area contributed by atoms with Crippen LogP contribution in [-0.4, -0.2) is 35.2 Å². The smallest absolute Gasteiger partial charge is 0.110 e. The molecule has 1 atom stereocenters. The maximum Gasteiger partial charge on any atom is 0.110 e. The molecule has 1 aromatic heterocycles. The lowest BCUT2D eigenvalue weighted by molar-refractivity contribution is 0.177. The van der Waals surface area contributed by atoms with Crippen molar-refractivity contribution in [2.45, 2.75) is 25.3 Å². The zero-order valence-electron chi connectivity index (χ0n) is 9.11. The number of aromatic nitrogens is 1. The summed E-state index contributed by atoms with van der Waals surface area (Å²) in [7, 11) is 2.01. The summed E-state index contributed by atoms with van der Waals surface area (Å²) < 4.78 is 0. The molecule has 0 saturated heterocycles. The lowest BCUT2D eigenvalue weighted by Crippen LogP contribution is -2.27. The Hall–Kier alpha value is -0.160. The fraction of sp³-hybridized carbons (Fsp3) is 0.700. The van der Waals surface area contributed by atoms with Crippen LogP contribution in [0.25, 0.3) is 0 Å². The number of hydrogen-bond acceptors (Lipinski definition) is 4. The number of likely N-dealkylation sites (N-methyl/N-ethyl adjacent to an activating group) is 1. The molecule has 0 amide bonds. The van der Waals surface area contributed by atoms with E-state index >= 15 is 0 Å². The van der Waals surface area contributed by atoms with Gasteiger partial charge in [-0.2, -0.15) is 0 Å². The summed E-state index contributed by atoms with van der Waals surface area (Å²) >= 11 is 7.36. The molecule has 1 unspecified atom stereocenters. The summed E-state index contributed by atoms with van der Waals surface area (Å²) in [5, 5.41) is 12.0. The van der Waals surface area contributed by atoms with Crippen molar-refractivity contribution in [3.8, 4) is 0 Å². The largest absolute Gasteiger partial charge is 0.395 e. The molecule has 0 bridgehead atoms. The fourth-order valence-electron chi connectivity index (χ4n) is 1.53. The van der Waals surface area contributed by atoms with Crippen molar-refractivity contribution in [3.05, 3.63) is 16.1 Å². The first-order chi connectivity index (χ1) is 7.22. The van der Waals surface area contributed by atoms with Crippen molar-refractivity contribution < 1.29 is 5.11 Å². The molecule has 1 rings (SSSR count). The molecule has 0 aliphatic rings. The molecular formula is C10H17ClN2OS. The van der Waals surface area contributed by atoms with Gasteiger partial charge >= 0.3 is 0 Å². The second kappa shape index (κ2) is 6.43. The molecule has 1 heterocycles. The summed E-state index contributed by atoms with van der Waals surface area (Å²) in [5.74, 6) is 0.469. The third-order valence-corrected chi connectivity index (χ3v) is 3.63. The van der Waals surface area contributed by atoms with E-state index in [1.54, 1.807) is 11.3 Å². The van der Waals surface area contributed by atoms with Crippen molar-refractivity contribution in [1.82, 2.24) is 9.88 Å². The van der Waals surface area contributed by atoms with Gasteiger partial charge in [-0.1, -0.05) is 6.92 Å². The average Bonchev–Trinajstić information content (AvgIpc) is 2.68. The molecule has 0 aromatic carbocycles. The highest BCUT2D eigenvalue weighted by Crippen LogP contribution is 2.26. The van der Waals surface area contributed by atoms with Gasteiger partial charge in [0.05, 0.1) is 24.2 Å². The number of halogens is 1. The van der Waals surface area contributed by atoms with E-state index in [4.69, 9.17) is 16.7 Å². The van der Waals surface area contributed by atoms with E-state index in [2.05, 4.69) is 16.8 Å². The molecule has 0 aliphatic heterocycles. The summed E-state index contributed by atoms with van der Waals surface area (Å²) in [6.45, 7) is 2.98. The number of hydrogen-bond donors (Lipinski definition) is 1. The highest BCUT2D eigenvalue weighted by atomic mass is 35.5. The predicted molar refractivity (Wildman–Crippen MR) is 64.4 cm³/mol. The van der Waals surface area contributed by atoms with Crippen LogP contribution in [0.1, 0.15) is 30.1 Å². The van der Waals surface area contributed by atoms with Gasteiger partial charge in [-0.3, -0.25) is 4.90 Å². The molecule has 0 fully saturated rings. The minimum atomic E-state index is 0.181. The van der Waals surface area contributed by atoms with Gasteiger partial charge in [0, 0.05) is 11.9 Å². The highest BCUT2D eigenvalue weighted by Gasteiger charge is 2.17. The first-order valence-electron chi connectivity index (χ1n) is 5.04. The van der Waals surface area contributed by atoms with E-state index < -0.39 is 0 Å². The Kier molecular flexibility index (Phi) is 5.53. The first kappa shape index (κ1) is 12.9. The van der Waals surface area contributed by atoms with E-state index in [1.165, 1.54) is 0 Å². The van der Waals surface area contributed by atoms with Crippen LogP contribution in [0.2, 0.25) is 0 Å². The summed E-state index contributed by atoms with van der Waals surface area (Å²) in [6.07, 6.45) is 0.992. The van der Waals surface area contributed by atoms with Crippen LogP contribution in [-0.2, 0) is 5.88 Å². The van der Waals surface area contributed by atoms with Crippen LogP contribution in [0.4, 0.5) is 0 Å². The van der Waals surface area contributed by atoms with Crippen LogP contribution >= 0.6 is 22.9 Å². The molecule has 86 valence electrons. The topological polar surface area (TPSA) is 36.4 Å². The van der Waals surface area contributed by atoms with Gasteiger partial charge in [0.1, 0.15) is 5.01 Å². The van der Waals surface area contributed by atoms with Crippen LogP contribution < -0.4 is 0 Å². The lowest BCUT2D eigenvalue weighted by atomic mass is 10.2. The Labute approximate surface area is 99.7 Å². The number of aliphatic hydroxyl groups excluding tert-OH is 1. The highest BCUT2D eigenvalue weighted by molar-refractivity contribution is 7.09. The van der Waals surface area contributed by atoms with Crippen molar-refractivity contribution in [2.24, 2.45) is 0 Å². The van der Waals surface area contributed by atoms with E-state index in [9.17, 15) is 0 Å². The molecule has 3 nitrogen and oxygen atoms in total. The Morgan fingerprint density at radius 3 is 2.87 bits per heavy atom. The van der Waals surface area contributed by atoms with Crippen molar-refractivity contribution in [1.29, 1.82) is 0 Å². The number of aliphatic hydroxyl groups is 1. The Balaban J connectivity index is 2.72. The minimum Gasteiger partial charge on any atom is -0.395 e. The zero-order valence-corrected chi connectivity index (χ0v) is 10.7. The van der Waals surface area contributed by atoms with Crippen LogP contribution in [0.5, 0.6) is 0 Å². The van der Waals surface area contributed by atoms with Crippen molar-refractivity contribution in [3.63, 3.8) is 0 Å². The second-order valence-electron chi connectivity index (χ2n) is 3.44. The quantitative estimate of drug-likeness (QED) is 0.785. The third-order valence-electron chi connectivity index (χ3n) is 2.36. The predicted octanol–water partition coefficient (Wildman–Crippen LogP) is 2.26. The summed E-state index contributed by atoms with van der Waals surface area (Å²) in [5.41, 5.74) is 0.938. The number of rotatable bonds is 6. The monoisotopic (exact) mass is 248 g/mol. The van der Waals surface area contributed by atoms with Crippen LogP contribution in [0, 0.1) is 0 Å². The lowest BCUT2D eigenvalue weighted by Gasteiger charge is -2.24. The molecule has 0 radical (unpaired) electrons. The van der Waals surface area contributed by atoms with E-state index in [0.29, 0.717) is 18.5 Å². The molecule has 1 aromatic rings. The number of nitrogens with zero attached hydrogens (tertiary/aromatic N) is 2. The summed E-state index contributed by atoms with van der Waals surface area (Å²) in [4.78, 5) is 6.59. The fourth-order valence-corrected chi connectivity index (χ4v) is 2.82.